The smallest absolute Gasteiger partial charge is 0.126 e. The van der Waals surface area contributed by atoms with E-state index in [1.165, 1.54) is 11.6 Å². The van der Waals surface area contributed by atoms with Crippen LogP contribution in [-0.2, 0) is 0 Å². The van der Waals surface area contributed by atoms with Gasteiger partial charge in [0.25, 0.3) is 0 Å². The Morgan fingerprint density at radius 3 is 2.28 bits per heavy atom. The van der Waals surface area contributed by atoms with Gasteiger partial charge in [-0.25, -0.2) is 4.39 Å². The van der Waals surface area contributed by atoms with E-state index in [0.717, 1.165) is 16.9 Å². The quantitative estimate of drug-likeness (QED) is 0.781. The molecule has 2 rings (SSSR count). The number of rotatable bonds is 2. The highest BCUT2D eigenvalue weighted by atomic mass is 19.1. The van der Waals surface area contributed by atoms with E-state index >= 15 is 0 Å². The number of hydrogen-bond acceptors (Lipinski definition) is 2. The van der Waals surface area contributed by atoms with Gasteiger partial charge in [-0.05, 0) is 67.8 Å². The molecule has 0 saturated heterocycles. The lowest BCUT2D eigenvalue weighted by Crippen LogP contribution is -1.99. The number of hydrogen-bond donors (Lipinski definition) is 2. The Balaban J connectivity index is 2.34. The summed E-state index contributed by atoms with van der Waals surface area (Å²) in [6.07, 6.45) is 0. The van der Waals surface area contributed by atoms with Gasteiger partial charge in [0.05, 0.1) is 11.4 Å². The molecule has 3 N–H and O–H groups in total. The van der Waals surface area contributed by atoms with Crippen molar-refractivity contribution in [1.82, 2.24) is 0 Å². The number of nitrogen functional groups attached to an aromatic ring is 1. The molecule has 0 bridgehead atoms. The zero-order valence-corrected chi connectivity index (χ0v) is 10.8. The summed E-state index contributed by atoms with van der Waals surface area (Å²) in [5.74, 6) is -0.200. The number of halogens is 1. The van der Waals surface area contributed by atoms with Crippen molar-refractivity contribution >= 4 is 17.1 Å². The van der Waals surface area contributed by atoms with Crippen LogP contribution in [0.5, 0.6) is 0 Å². The summed E-state index contributed by atoms with van der Waals surface area (Å²) in [6.45, 7) is 5.80. The normalized spacial score (nSPS) is 10.4. The van der Waals surface area contributed by atoms with Crippen molar-refractivity contribution in [1.29, 1.82) is 0 Å². The number of nitrogens with one attached hydrogen (secondary N) is 1. The topological polar surface area (TPSA) is 38.0 Å². The fraction of sp³-hybridized carbons (Fsp3) is 0.200. The minimum Gasteiger partial charge on any atom is -0.397 e. The fourth-order valence-electron chi connectivity index (χ4n) is 1.82. The van der Waals surface area contributed by atoms with Gasteiger partial charge >= 0.3 is 0 Å². The van der Waals surface area contributed by atoms with Crippen LogP contribution in [0.15, 0.2) is 30.3 Å². The van der Waals surface area contributed by atoms with Crippen LogP contribution >= 0.6 is 0 Å². The Hall–Kier alpha value is -2.03. The Kier molecular flexibility index (Phi) is 3.24. The molecule has 0 aliphatic heterocycles. The summed E-state index contributed by atoms with van der Waals surface area (Å²) in [7, 11) is 0. The molecule has 0 atom stereocenters. The summed E-state index contributed by atoms with van der Waals surface area (Å²) < 4.78 is 13.2. The van der Waals surface area contributed by atoms with Crippen LogP contribution in [-0.4, -0.2) is 0 Å². The van der Waals surface area contributed by atoms with Crippen LogP contribution in [0.25, 0.3) is 0 Å². The minimum atomic E-state index is -0.200. The Morgan fingerprint density at radius 2 is 1.61 bits per heavy atom. The molecule has 3 heteroatoms. The van der Waals surface area contributed by atoms with E-state index < -0.39 is 0 Å². The second kappa shape index (κ2) is 4.69. The Morgan fingerprint density at radius 1 is 0.944 bits per heavy atom. The Bertz CT molecular complexity index is 591. The lowest BCUT2D eigenvalue weighted by molar-refractivity contribution is 0.619. The number of aryl methyl sites for hydroxylation is 3. The lowest BCUT2D eigenvalue weighted by Gasteiger charge is -2.12. The van der Waals surface area contributed by atoms with Gasteiger partial charge in [-0.15, -0.1) is 0 Å². The second-order valence-corrected chi connectivity index (χ2v) is 4.61. The third-order valence-corrected chi connectivity index (χ3v) is 3.10. The van der Waals surface area contributed by atoms with Gasteiger partial charge in [0.1, 0.15) is 5.82 Å². The molecule has 0 heterocycles. The highest BCUT2D eigenvalue weighted by Gasteiger charge is 2.04. The zero-order chi connectivity index (χ0) is 13.3. The molecule has 0 fully saturated rings. The van der Waals surface area contributed by atoms with E-state index in [-0.39, 0.29) is 5.82 Å². The number of benzene rings is 2. The highest BCUT2D eigenvalue weighted by Crippen LogP contribution is 2.27. The first-order valence-corrected chi connectivity index (χ1v) is 5.87. The number of anilines is 3. The summed E-state index contributed by atoms with van der Waals surface area (Å²) >= 11 is 0. The van der Waals surface area contributed by atoms with Crippen molar-refractivity contribution in [3.8, 4) is 0 Å². The Labute approximate surface area is 107 Å². The summed E-state index contributed by atoms with van der Waals surface area (Å²) in [6, 6.07) is 8.87. The molecule has 18 heavy (non-hydrogen) atoms. The van der Waals surface area contributed by atoms with Crippen molar-refractivity contribution in [2.45, 2.75) is 20.8 Å². The molecule has 2 aromatic rings. The molecule has 0 unspecified atom stereocenters. The van der Waals surface area contributed by atoms with Gasteiger partial charge in [0, 0.05) is 5.69 Å². The average Bonchev–Trinajstić information content (AvgIpc) is 2.31. The maximum absolute atomic E-state index is 13.2. The van der Waals surface area contributed by atoms with E-state index in [1.54, 1.807) is 19.1 Å². The van der Waals surface area contributed by atoms with Gasteiger partial charge in [-0.2, -0.15) is 0 Å². The van der Waals surface area contributed by atoms with E-state index in [1.807, 2.05) is 26.0 Å². The molecule has 0 saturated carbocycles. The summed E-state index contributed by atoms with van der Waals surface area (Å²) in [4.78, 5) is 0. The van der Waals surface area contributed by atoms with Crippen molar-refractivity contribution in [3.63, 3.8) is 0 Å². The standard InChI is InChI=1S/C15H17FN2/c1-9-7-14(17)15(8-10(9)2)18-12-4-5-13(16)11(3)6-12/h4-8,18H,17H2,1-3H3. The lowest BCUT2D eigenvalue weighted by atomic mass is 10.1. The van der Waals surface area contributed by atoms with Crippen LogP contribution in [0.2, 0.25) is 0 Å². The van der Waals surface area contributed by atoms with Crippen LogP contribution in [0.1, 0.15) is 16.7 Å². The molecule has 0 aliphatic carbocycles. The molecule has 0 amide bonds. The molecule has 0 aromatic heterocycles. The molecule has 0 spiro atoms. The SMILES string of the molecule is Cc1cc(N)c(Nc2ccc(F)c(C)c2)cc1C. The number of nitrogens with two attached hydrogens (primary N) is 1. The molecule has 2 nitrogen and oxygen atoms in total. The van der Waals surface area contributed by atoms with E-state index in [9.17, 15) is 4.39 Å². The third kappa shape index (κ3) is 2.45. The monoisotopic (exact) mass is 244 g/mol. The summed E-state index contributed by atoms with van der Waals surface area (Å²) in [5.41, 5.74) is 11.3. The van der Waals surface area contributed by atoms with E-state index in [4.69, 9.17) is 5.73 Å². The predicted molar refractivity (Wildman–Crippen MR) is 74.7 cm³/mol. The van der Waals surface area contributed by atoms with Gasteiger partial charge in [-0.3, -0.25) is 0 Å². The van der Waals surface area contributed by atoms with Crippen molar-refractivity contribution in [2.75, 3.05) is 11.1 Å². The van der Waals surface area contributed by atoms with Gasteiger partial charge in [-0.1, -0.05) is 0 Å². The van der Waals surface area contributed by atoms with Gasteiger partial charge in [0.15, 0.2) is 0 Å². The maximum atomic E-state index is 13.2. The maximum Gasteiger partial charge on any atom is 0.126 e. The van der Waals surface area contributed by atoms with E-state index in [2.05, 4.69) is 5.32 Å². The first-order valence-electron chi connectivity index (χ1n) is 5.87. The zero-order valence-electron chi connectivity index (χ0n) is 10.8. The summed E-state index contributed by atoms with van der Waals surface area (Å²) in [5, 5.41) is 3.22. The van der Waals surface area contributed by atoms with Crippen LogP contribution < -0.4 is 11.1 Å². The highest BCUT2D eigenvalue weighted by molar-refractivity contribution is 5.74. The second-order valence-electron chi connectivity index (χ2n) is 4.61. The van der Waals surface area contributed by atoms with Crippen LogP contribution in [0.3, 0.4) is 0 Å². The fourth-order valence-corrected chi connectivity index (χ4v) is 1.82. The minimum absolute atomic E-state index is 0.200. The van der Waals surface area contributed by atoms with Crippen molar-refractivity contribution < 1.29 is 4.39 Å². The predicted octanol–water partition coefficient (Wildman–Crippen LogP) is 4.08. The molecule has 0 aliphatic rings. The largest absolute Gasteiger partial charge is 0.397 e. The molecule has 2 aromatic carbocycles. The van der Waals surface area contributed by atoms with E-state index in [0.29, 0.717) is 11.3 Å². The molecular weight excluding hydrogens is 227 g/mol. The van der Waals surface area contributed by atoms with Crippen LogP contribution in [0, 0.1) is 26.6 Å². The molecular formula is C15H17FN2. The van der Waals surface area contributed by atoms with Crippen LogP contribution in [0.4, 0.5) is 21.5 Å². The first kappa shape index (κ1) is 12.4. The van der Waals surface area contributed by atoms with Crippen molar-refractivity contribution in [3.05, 3.63) is 52.8 Å². The average molecular weight is 244 g/mol. The first-order chi connectivity index (χ1) is 8.47. The van der Waals surface area contributed by atoms with Gasteiger partial charge in [0.2, 0.25) is 0 Å². The van der Waals surface area contributed by atoms with Gasteiger partial charge < -0.3 is 11.1 Å². The molecule has 94 valence electrons. The molecule has 0 radical (unpaired) electrons. The van der Waals surface area contributed by atoms with Crippen molar-refractivity contribution in [2.24, 2.45) is 0 Å². The third-order valence-electron chi connectivity index (χ3n) is 3.10.